The Morgan fingerprint density at radius 3 is 2.00 bits per heavy atom. The standard InChI is InChI=1S/C34H38N4O4S2/c1-20(2)43-26-13-11-23(12-14-26)25-18-35-30(36-19-25)24-9-7-22(8-10-24)17-27(31(39)37-21(3)33(41)42)38-32(40)28-15-16-29(44-28)34(4,5)6/h7-16,18-21,27H,17H2,1-6H3,(H,37,39)(H,38,40)(H,41,42). The average Bonchev–Trinajstić information content (AvgIpc) is 3.49. The van der Waals surface area contributed by atoms with Crippen molar-refractivity contribution in [3.63, 3.8) is 0 Å². The second-order valence-corrected chi connectivity index (χ2v) is 14.6. The molecule has 2 atom stereocenters. The van der Waals surface area contributed by atoms with Crippen molar-refractivity contribution < 1.29 is 19.5 Å². The minimum atomic E-state index is -1.16. The smallest absolute Gasteiger partial charge is 0.325 e. The van der Waals surface area contributed by atoms with E-state index in [9.17, 15) is 19.5 Å². The molecular weight excluding hydrogens is 593 g/mol. The summed E-state index contributed by atoms with van der Waals surface area (Å²) >= 11 is 3.19. The number of rotatable bonds is 11. The summed E-state index contributed by atoms with van der Waals surface area (Å²) in [6.45, 7) is 11.9. The number of carboxylic acid groups (broad SMARTS) is 1. The number of hydrogen-bond donors (Lipinski definition) is 3. The number of carbonyl (C=O) groups excluding carboxylic acids is 2. The summed E-state index contributed by atoms with van der Waals surface area (Å²) in [5.41, 5.74) is 3.45. The number of aromatic nitrogens is 2. The van der Waals surface area contributed by atoms with E-state index in [4.69, 9.17) is 0 Å². The van der Waals surface area contributed by atoms with Crippen LogP contribution in [0.5, 0.6) is 0 Å². The van der Waals surface area contributed by atoms with Crippen LogP contribution in [0.4, 0.5) is 0 Å². The van der Waals surface area contributed by atoms with Crippen LogP contribution < -0.4 is 10.6 Å². The first-order valence-electron chi connectivity index (χ1n) is 14.4. The van der Waals surface area contributed by atoms with Gasteiger partial charge in [-0.1, -0.05) is 71.0 Å². The van der Waals surface area contributed by atoms with Crippen molar-refractivity contribution in [1.29, 1.82) is 0 Å². The van der Waals surface area contributed by atoms with Gasteiger partial charge >= 0.3 is 5.97 Å². The van der Waals surface area contributed by atoms with Crippen LogP contribution in [0.15, 0.2) is 78.0 Å². The van der Waals surface area contributed by atoms with Crippen LogP contribution in [0.25, 0.3) is 22.5 Å². The Hall–Kier alpha value is -4.02. The first-order valence-corrected chi connectivity index (χ1v) is 16.1. The number of thioether (sulfide) groups is 1. The molecular formula is C34H38N4O4S2. The van der Waals surface area contributed by atoms with Crippen LogP contribution in [0, 0.1) is 0 Å². The molecule has 0 aliphatic rings. The number of thiophene rings is 1. The molecule has 0 spiro atoms. The Kier molecular flexibility index (Phi) is 10.6. The van der Waals surface area contributed by atoms with Crippen molar-refractivity contribution in [1.82, 2.24) is 20.6 Å². The van der Waals surface area contributed by atoms with E-state index in [0.29, 0.717) is 16.0 Å². The highest BCUT2D eigenvalue weighted by Gasteiger charge is 2.26. The maximum absolute atomic E-state index is 13.1. The number of amides is 2. The number of hydrogen-bond acceptors (Lipinski definition) is 7. The van der Waals surface area contributed by atoms with Gasteiger partial charge in [0.25, 0.3) is 5.91 Å². The first-order chi connectivity index (χ1) is 20.8. The molecule has 2 aromatic heterocycles. The number of benzene rings is 2. The third-order valence-electron chi connectivity index (χ3n) is 6.78. The second kappa shape index (κ2) is 14.2. The zero-order valence-electron chi connectivity index (χ0n) is 25.8. The summed E-state index contributed by atoms with van der Waals surface area (Å²) in [4.78, 5) is 49.5. The predicted octanol–water partition coefficient (Wildman–Crippen LogP) is 6.60. The van der Waals surface area contributed by atoms with Gasteiger partial charge in [-0.25, -0.2) is 9.97 Å². The summed E-state index contributed by atoms with van der Waals surface area (Å²) in [5.74, 6) is -1.54. The van der Waals surface area contributed by atoms with E-state index in [1.165, 1.54) is 23.2 Å². The Morgan fingerprint density at radius 2 is 1.45 bits per heavy atom. The summed E-state index contributed by atoms with van der Waals surface area (Å²) in [6.07, 6.45) is 3.78. The van der Waals surface area contributed by atoms with Crippen molar-refractivity contribution in [2.75, 3.05) is 0 Å². The fourth-order valence-electron chi connectivity index (χ4n) is 4.33. The fraction of sp³-hybridized carbons (Fsp3) is 0.324. The molecule has 0 aliphatic heterocycles. The van der Waals surface area contributed by atoms with Crippen molar-refractivity contribution in [3.8, 4) is 22.5 Å². The van der Waals surface area contributed by atoms with Gasteiger partial charge in [0.05, 0.1) is 4.88 Å². The summed E-state index contributed by atoms with van der Waals surface area (Å²) < 4.78 is 0. The third kappa shape index (κ3) is 8.76. The number of aliphatic carboxylic acids is 1. The molecule has 230 valence electrons. The van der Waals surface area contributed by atoms with Gasteiger partial charge < -0.3 is 15.7 Å². The van der Waals surface area contributed by atoms with E-state index in [0.717, 1.165) is 27.1 Å². The largest absolute Gasteiger partial charge is 0.480 e. The van der Waals surface area contributed by atoms with Crippen molar-refractivity contribution in [3.05, 3.63) is 88.4 Å². The minimum absolute atomic E-state index is 0.110. The van der Waals surface area contributed by atoms with E-state index < -0.39 is 24.0 Å². The maximum Gasteiger partial charge on any atom is 0.325 e. The van der Waals surface area contributed by atoms with E-state index in [-0.39, 0.29) is 17.7 Å². The molecule has 44 heavy (non-hydrogen) atoms. The van der Waals surface area contributed by atoms with Crippen LogP contribution in [0.2, 0.25) is 0 Å². The van der Waals surface area contributed by atoms with Gasteiger partial charge in [-0.3, -0.25) is 14.4 Å². The molecule has 0 bridgehead atoms. The Balaban J connectivity index is 1.47. The zero-order valence-corrected chi connectivity index (χ0v) is 27.4. The lowest BCUT2D eigenvalue weighted by Gasteiger charge is -2.20. The summed E-state index contributed by atoms with van der Waals surface area (Å²) in [5, 5.41) is 15.1. The molecule has 8 nitrogen and oxygen atoms in total. The predicted molar refractivity (Wildman–Crippen MR) is 177 cm³/mol. The number of nitrogens with one attached hydrogen (secondary N) is 2. The van der Waals surface area contributed by atoms with Gasteiger partial charge in [-0.15, -0.1) is 23.1 Å². The summed E-state index contributed by atoms with van der Waals surface area (Å²) in [7, 11) is 0. The molecule has 2 heterocycles. The van der Waals surface area contributed by atoms with Crippen LogP contribution in [-0.4, -0.2) is 50.2 Å². The van der Waals surface area contributed by atoms with E-state index in [2.05, 4.69) is 79.5 Å². The second-order valence-electron chi connectivity index (χ2n) is 11.9. The van der Waals surface area contributed by atoms with Crippen LogP contribution >= 0.6 is 23.1 Å². The van der Waals surface area contributed by atoms with Crippen molar-refractivity contribution in [2.24, 2.45) is 0 Å². The molecule has 4 aromatic rings. The molecule has 0 aliphatic carbocycles. The highest BCUT2D eigenvalue weighted by molar-refractivity contribution is 7.99. The molecule has 4 rings (SSSR count). The minimum Gasteiger partial charge on any atom is -0.480 e. The van der Waals surface area contributed by atoms with E-state index in [1.54, 1.807) is 18.5 Å². The molecule has 3 N–H and O–H groups in total. The van der Waals surface area contributed by atoms with Gasteiger partial charge in [0.15, 0.2) is 5.82 Å². The van der Waals surface area contributed by atoms with Crippen LogP contribution in [0.1, 0.15) is 61.7 Å². The normalized spacial score (nSPS) is 12.9. The molecule has 0 saturated carbocycles. The average molecular weight is 631 g/mol. The first kappa shape index (κ1) is 32.9. The Bertz CT molecular complexity index is 1590. The van der Waals surface area contributed by atoms with Crippen LogP contribution in [0.3, 0.4) is 0 Å². The van der Waals surface area contributed by atoms with Gasteiger partial charge in [0.1, 0.15) is 12.1 Å². The molecule has 2 aromatic carbocycles. The van der Waals surface area contributed by atoms with Gasteiger partial charge in [0.2, 0.25) is 5.91 Å². The zero-order chi connectivity index (χ0) is 32.0. The maximum atomic E-state index is 13.1. The Labute approximate surface area is 266 Å². The van der Waals surface area contributed by atoms with Crippen molar-refractivity contribution >= 4 is 40.9 Å². The molecule has 2 unspecified atom stereocenters. The van der Waals surface area contributed by atoms with Crippen LogP contribution in [-0.2, 0) is 21.4 Å². The number of carboxylic acids is 1. The summed E-state index contributed by atoms with van der Waals surface area (Å²) in [6, 6.07) is 17.4. The van der Waals surface area contributed by atoms with Crippen molar-refractivity contribution in [2.45, 2.75) is 75.6 Å². The quantitative estimate of drug-likeness (QED) is 0.160. The van der Waals surface area contributed by atoms with E-state index >= 15 is 0 Å². The van der Waals surface area contributed by atoms with Gasteiger partial charge in [-0.05, 0) is 47.7 Å². The highest BCUT2D eigenvalue weighted by atomic mass is 32.2. The highest BCUT2D eigenvalue weighted by Crippen LogP contribution is 2.30. The van der Waals surface area contributed by atoms with Gasteiger partial charge in [0, 0.05) is 45.0 Å². The fourth-order valence-corrected chi connectivity index (χ4v) is 6.13. The van der Waals surface area contributed by atoms with Gasteiger partial charge in [-0.2, -0.15) is 0 Å². The lowest BCUT2D eigenvalue weighted by atomic mass is 9.95. The molecule has 0 fully saturated rings. The molecule has 2 amide bonds. The number of carbonyl (C=O) groups is 3. The SMILES string of the molecule is CC(C)Sc1ccc(-c2cnc(-c3ccc(CC(NC(=O)c4ccc(C(C)(C)C)s4)C(=O)NC(C)C(=O)O)cc3)nc2)cc1. The molecule has 10 heteroatoms. The Morgan fingerprint density at radius 1 is 0.841 bits per heavy atom. The van der Waals surface area contributed by atoms with E-state index in [1.807, 2.05) is 42.1 Å². The number of nitrogens with zero attached hydrogens (tertiary/aromatic N) is 2. The molecule has 0 saturated heterocycles. The lowest BCUT2D eigenvalue weighted by molar-refractivity contribution is -0.141. The third-order valence-corrected chi connectivity index (χ3v) is 9.31. The topological polar surface area (TPSA) is 121 Å². The molecule has 0 radical (unpaired) electrons. The monoisotopic (exact) mass is 630 g/mol. The lowest BCUT2D eigenvalue weighted by Crippen LogP contribution is -2.51.